The van der Waals surface area contributed by atoms with Crippen LogP contribution in [0.2, 0.25) is 0 Å². The highest BCUT2D eigenvalue weighted by Crippen LogP contribution is 2.41. The van der Waals surface area contributed by atoms with Gasteiger partial charge in [0.1, 0.15) is 5.78 Å². The van der Waals surface area contributed by atoms with E-state index in [1.54, 1.807) is 6.92 Å². The van der Waals surface area contributed by atoms with Gasteiger partial charge in [-0.3, -0.25) is 24.3 Å². The smallest absolute Gasteiger partial charge is 0.342 e. The van der Waals surface area contributed by atoms with E-state index in [0.717, 1.165) is 0 Å². The maximum atomic E-state index is 12.4. The van der Waals surface area contributed by atoms with Crippen LogP contribution in [0, 0.1) is 5.92 Å². The van der Waals surface area contributed by atoms with Crippen molar-refractivity contribution in [2.24, 2.45) is 11.7 Å². The Labute approximate surface area is 178 Å². The summed E-state index contributed by atoms with van der Waals surface area (Å²) in [5.41, 5.74) is 5.68. The molecule has 0 aromatic carbocycles. The molecule has 0 aliphatic heterocycles. The number of hydrogen-bond donors (Lipinski definition) is 7. The summed E-state index contributed by atoms with van der Waals surface area (Å²) in [6.07, 6.45) is 2.35. The van der Waals surface area contributed by atoms with E-state index in [9.17, 15) is 28.7 Å². The monoisotopic (exact) mass is 451 g/mol. The van der Waals surface area contributed by atoms with Crippen molar-refractivity contribution in [2.45, 2.75) is 70.7 Å². The van der Waals surface area contributed by atoms with Crippen LogP contribution in [0.3, 0.4) is 0 Å². The van der Waals surface area contributed by atoms with E-state index in [1.165, 1.54) is 7.05 Å². The van der Waals surface area contributed by atoms with Gasteiger partial charge in [-0.1, -0.05) is 20.8 Å². The first-order valence-electron chi connectivity index (χ1n) is 10.2. The van der Waals surface area contributed by atoms with Gasteiger partial charge in [0.2, 0.25) is 17.7 Å². The van der Waals surface area contributed by atoms with Gasteiger partial charge in [-0.2, -0.15) is 0 Å². The molecule has 0 bridgehead atoms. The van der Waals surface area contributed by atoms with Gasteiger partial charge >= 0.3 is 7.60 Å². The van der Waals surface area contributed by atoms with Crippen LogP contribution in [0.4, 0.5) is 0 Å². The predicted octanol–water partition coefficient (Wildman–Crippen LogP) is -0.619. The first kappa shape index (κ1) is 28.5. The minimum absolute atomic E-state index is 0.109. The maximum Gasteiger partial charge on any atom is 0.342 e. The van der Waals surface area contributed by atoms with Gasteiger partial charge in [-0.15, -0.1) is 0 Å². The zero-order chi connectivity index (χ0) is 23.3. The van der Waals surface area contributed by atoms with E-state index in [4.69, 9.17) is 5.73 Å². The lowest BCUT2D eigenvalue weighted by Crippen LogP contribution is -2.50. The first-order chi connectivity index (χ1) is 13.9. The van der Waals surface area contributed by atoms with Crippen LogP contribution < -0.4 is 27.0 Å². The Morgan fingerprint density at radius 2 is 1.70 bits per heavy atom. The number of nitrogens with one attached hydrogen (secondary N) is 4. The number of nitrogens with two attached hydrogens (primary N) is 1. The Balaban J connectivity index is 4.41. The third-order valence-electron chi connectivity index (χ3n) is 4.48. The van der Waals surface area contributed by atoms with E-state index >= 15 is 0 Å². The van der Waals surface area contributed by atoms with Crippen LogP contribution in [0.15, 0.2) is 0 Å². The predicted molar refractivity (Wildman–Crippen MR) is 114 cm³/mol. The fraction of sp³-hybridized carbons (Fsp3) is 0.833. The lowest BCUT2D eigenvalue weighted by Gasteiger charge is -2.26. The summed E-state index contributed by atoms with van der Waals surface area (Å²) in [5.74, 6) is -2.10. The van der Waals surface area contributed by atoms with Gasteiger partial charge in [0.25, 0.3) is 0 Å². The molecule has 0 aliphatic rings. The SMILES string of the molecule is CC[C@H](N[C@@H](CC(C)C)C(=O)NCC(=O)NCCCC[C@H](N)C(=O)NC)P(=O)(O)O. The highest BCUT2D eigenvalue weighted by molar-refractivity contribution is 7.52. The zero-order valence-electron chi connectivity index (χ0n) is 18.3. The van der Waals surface area contributed by atoms with Crippen LogP contribution >= 0.6 is 7.60 Å². The average Bonchev–Trinajstić information content (AvgIpc) is 2.66. The molecule has 176 valence electrons. The molecule has 0 fully saturated rings. The summed E-state index contributed by atoms with van der Waals surface area (Å²) in [4.78, 5) is 54.5. The standard InChI is InChI=1S/C18H38N5O6P/c1-5-16(30(27,28)29)23-14(10-12(2)3)18(26)22-11-15(24)21-9-7-6-8-13(19)17(25)20-4/h12-14,16,23H,5-11,19H2,1-4H3,(H,20,25)(H,21,24)(H,22,26)(H2,27,28,29)/t13-,14-,16+/m0/s1. The molecular formula is C18H38N5O6P. The van der Waals surface area contributed by atoms with E-state index in [2.05, 4.69) is 21.3 Å². The number of amides is 3. The summed E-state index contributed by atoms with van der Waals surface area (Å²) in [6.45, 7) is 5.56. The zero-order valence-corrected chi connectivity index (χ0v) is 19.2. The highest BCUT2D eigenvalue weighted by Gasteiger charge is 2.32. The van der Waals surface area contributed by atoms with Gasteiger partial charge < -0.3 is 31.5 Å². The molecule has 0 unspecified atom stereocenters. The van der Waals surface area contributed by atoms with Crippen LogP contribution in [0.25, 0.3) is 0 Å². The summed E-state index contributed by atoms with van der Waals surface area (Å²) >= 11 is 0. The molecule has 0 saturated carbocycles. The van der Waals surface area contributed by atoms with Gasteiger partial charge in [0, 0.05) is 13.6 Å². The van der Waals surface area contributed by atoms with Crippen molar-refractivity contribution < 1.29 is 28.7 Å². The van der Waals surface area contributed by atoms with E-state index in [1.807, 2.05) is 13.8 Å². The topological polar surface area (TPSA) is 183 Å². The number of hydrogen-bond acceptors (Lipinski definition) is 6. The van der Waals surface area contributed by atoms with Gasteiger partial charge in [-0.05, 0) is 38.0 Å². The molecule has 0 rings (SSSR count). The lowest BCUT2D eigenvalue weighted by atomic mass is 10.0. The lowest BCUT2D eigenvalue weighted by molar-refractivity contribution is -0.127. The molecule has 0 radical (unpaired) electrons. The molecule has 0 spiro atoms. The van der Waals surface area contributed by atoms with Crippen molar-refractivity contribution in [1.29, 1.82) is 0 Å². The first-order valence-corrected chi connectivity index (χ1v) is 11.9. The quantitative estimate of drug-likeness (QED) is 0.127. The molecule has 0 aromatic rings. The van der Waals surface area contributed by atoms with Gasteiger partial charge in [-0.25, -0.2) is 0 Å². The van der Waals surface area contributed by atoms with Crippen LogP contribution in [0.1, 0.15) is 52.9 Å². The van der Waals surface area contributed by atoms with E-state index < -0.39 is 31.4 Å². The highest BCUT2D eigenvalue weighted by atomic mass is 31.2. The molecule has 12 heteroatoms. The van der Waals surface area contributed by atoms with Crippen molar-refractivity contribution >= 4 is 25.3 Å². The Hall–Kier alpha value is -1.52. The Kier molecular flexibility index (Phi) is 13.7. The largest absolute Gasteiger partial charge is 0.358 e. The summed E-state index contributed by atoms with van der Waals surface area (Å²) in [6, 6.07) is -1.39. The molecule has 3 atom stereocenters. The summed E-state index contributed by atoms with van der Waals surface area (Å²) in [5, 5.41) is 10.4. The second-order valence-electron chi connectivity index (χ2n) is 7.65. The van der Waals surface area contributed by atoms with Crippen molar-refractivity contribution in [2.75, 3.05) is 20.1 Å². The fourth-order valence-corrected chi connectivity index (χ4v) is 3.64. The molecule has 8 N–H and O–H groups in total. The molecule has 11 nitrogen and oxygen atoms in total. The third-order valence-corrected chi connectivity index (χ3v) is 5.81. The van der Waals surface area contributed by atoms with Crippen LogP contribution in [0.5, 0.6) is 0 Å². The maximum absolute atomic E-state index is 12.4. The second kappa shape index (κ2) is 14.5. The normalized spacial score (nSPS) is 14.7. The Morgan fingerprint density at radius 1 is 1.07 bits per heavy atom. The molecule has 3 amide bonds. The molecule has 0 saturated heterocycles. The average molecular weight is 452 g/mol. The molecule has 0 aromatic heterocycles. The molecule has 0 aliphatic carbocycles. The van der Waals surface area contributed by atoms with Crippen molar-refractivity contribution in [3.8, 4) is 0 Å². The molecule has 0 heterocycles. The van der Waals surface area contributed by atoms with Gasteiger partial charge in [0.05, 0.1) is 18.6 Å². The van der Waals surface area contributed by atoms with E-state index in [0.29, 0.717) is 32.2 Å². The molecule has 30 heavy (non-hydrogen) atoms. The Morgan fingerprint density at radius 3 is 2.20 bits per heavy atom. The van der Waals surface area contributed by atoms with Crippen LogP contribution in [-0.2, 0) is 18.9 Å². The number of carbonyl (C=O) groups is 3. The fourth-order valence-electron chi connectivity index (χ4n) is 2.79. The minimum Gasteiger partial charge on any atom is -0.358 e. The minimum atomic E-state index is -4.39. The number of carbonyl (C=O) groups excluding carboxylic acids is 3. The summed E-state index contributed by atoms with van der Waals surface area (Å²) in [7, 11) is -2.87. The Bertz CT molecular complexity index is 598. The summed E-state index contributed by atoms with van der Waals surface area (Å²) < 4.78 is 11.5. The molecular weight excluding hydrogens is 413 g/mol. The number of unbranched alkanes of at least 4 members (excludes halogenated alkanes) is 1. The van der Waals surface area contributed by atoms with E-state index in [-0.39, 0.29) is 30.7 Å². The number of rotatable bonds is 15. The van der Waals surface area contributed by atoms with Crippen molar-refractivity contribution in [3.63, 3.8) is 0 Å². The van der Waals surface area contributed by atoms with Crippen molar-refractivity contribution in [1.82, 2.24) is 21.3 Å². The third kappa shape index (κ3) is 12.2. The van der Waals surface area contributed by atoms with Crippen LogP contribution in [-0.4, -0.2) is 65.5 Å². The number of likely N-dealkylation sites (N-methyl/N-ethyl adjacent to an activating group) is 1. The van der Waals surface area contributed by atoms with Gasteiger partial charge in [0.15, 0.2) is 0 Å². The second-order valence-corrected chi connectivity index (χ2v) is 9.45. The van der Waals surface area contributed by atoms with Crippen molar-refractivity contribution in [3.05, 3.63) is 0 Å².